The number of benzene rings is 1. The number of ether oxygens (including phenoxy) is 2. The maximum atomic E-state index is 13.1. The van der Waals surface area contributed by atoms with Crippen molar-refractivity contribution in [3.63, 3.8) is 0 Å². The molecule has 2 aliphatic heterocycles. The number of hydrogen-bond donors (Lipinski definition) is 1. The summed E-state index contributed by atoms with van der Waals surface area (Å²) in [4.78, 5) is 15.9. The molecular formula is C34H49NO4. The number of piperidine rings is 1. The van der Waals surface area contributed by atoms with Crippen LogP contribution in [0.25, 0.3) is 0 Å². The van der Waals surface area contributed by atoms with E-state index < -0.39 is 11.0 Å². The summed E-state index contributed by atoms with van der Waals surface area (Å²) in [6.45, 7) is 19.1. The molecule has 39 heavy (non-hydrogen) atoms. The zero-order valence-corrected chi connectivity index (χ0v) is 25.4. The fourth-order valence-electron chi connectivity index (χ4n) is 10.0. The van der Waals surface area contributed by atoms with Crippen molar-refractivity contribution < 1.29 is 19.4 Å². The number of hydrogen-bond acceptors (Lipinski definition) is 5. The molecule has 2 spiro atoms. The van der Waals surface area contributed by atoms with Crippen LogP contribution in [0, 0.1) is 33.5 Å². The summed E-state index contributed by atoms with van der Waals surface area (Å²) in [5.41, 5.74) is 0.906. The molecule has 1 saturated heterocycles. The summed E-state index contributed by atoms with van der Waals surface area (Å²) < 4.78 is 13.3. The van der Waals surface area contributed by atoms with Crippen molar-refractivity contribution in [1.29, 1.82) is 0 Å². The van der Waals surface area contributed by atoms with E-state index in [9.17, 15) is 9.90 Å². The fourth-order valence-corrected chi connectivity index (χ4v) is 10.0. The largest absolute Gasteiger partial charge is 0.485 e. The molecule has 0 radical (unpaired) electrons. The number of carbonyl (C=O) groups is 1. The predicted molar refractivity (Wildman–Crippen MR) is 152 cm³/mol. The molecule has 4 bridgehead atoms. The van der Waals surface area contributed by atoms with Gasteiger partial charge in [0.15, 0.2) is 11.5 Å². The van der Waals surface area contributed by atoms with Gasteiger partial charge < -0.3 is 14.6 Å². The molecule has 0 amide bonds. The molecular weight excluding hydrogens is 486 g/mol. The molecule has 5 nitrogen and oxygen atoms in total. The van der Waals surface area contributed by atoms with Crippen LogP contribution >= 0.6 is 0 Å². The van der Waals surface area contributed by atoms with Crippen molar-refractivity contribution in [3.05, 3.63) is 23.3 Å². The summed E-state index contributed by atoms with van der Waals surface area (Å²) in [5.74, 6) is 2.19. The summed E-state index contributed by atoms with van der Waals surface area (Å²) in [6.07, 6.45) is 8.16. The molecule has 1 aromatic carbocycles. The van der Waals surface area contributed by atoms with Crippen LogP contribution in [0.1, 0.15) is 105 Å². The van der Waals surface area contributed by atoms with Crippen molar-refractivity contribution in [2.45, 2.75) is 123 Å². The number of aliphatic hydroxyl groups is 1. The van der Waals surface area contributed by atoms with Crippen LogP contribution in [0.15, 0.2) is 12.1 Å². The predicted octanol–water partition coefficient (Wildman–Crippen LogP) is 6.28. The zero-order valence-electron chi connectivity index (χ0n) is 25.4. The lowest BCUT2D eigenvalue weighted by atomic mass is 9.31. The van der Waals surface area contributed by atoms with Crippen LogP contribution in [0.2, 0.25) is 0 Å². The molecule has 214 valence electrons. The maximum absolute atomic E-state index is 13.1. The Bertz CT molecular complexity index is 1230. The second kappa shape index (κ2) is 7.62. The van der Waals surface area contributed by atoms with Crippen LogP contribution < -0.4 is 9.47 Å². The second-order valence-corrected chi connectivity index (χ2v) is 16.8. The third kappa shape index (κ3) is 3.18. The highest BCUT2D eigenvalue weighted by Crippen LogP contribution is 2.79. The van der Waals surface area contributed by atoms with Gasteiger partial charge in [-0.15, -0.1) is 0 Å². The Labute approximate surface area is 235 Å². The molecule has 7 aliphatic rings. The molecule has 7 atom stereocenters. The molecule has 1 N–H and O–H groups in total. The van der Waals surface area contributed by atoms with E-state index in [0.717, 1.165) is 43.9 Å². The van der Waals surface area contributed by atoms with Crippen LogP contribution in [0.5, 0.6) is 11.5 Å². The van der Waals surface area contributed by atoms with Gasteiger partial charge in [-0.2, -0.15) is 0 Å². The van der Waals surface area contributed by atoms with Gasteiger partial charge in [0.25, 0.3) is 0 Å². The van der Waals surface area contributed by atoms with E-state index in [-0.39, 0.29) is 39.7 Å². The first-order valence-electron chi connectivity index (χ1n) is 15.6. The van der Waals surface area contributed by atoms with Gasteiger partial charge in [0.05, 0.1) is 11.0 Å². The highest BCUT2D eigenvalue weighted by Gasteiger charge is 2.80. The third-order valence-corrected chi connectivity index (χ3v) is 12.8. The van der Waals surface area contributed by atoms with Gasteiger partial charge in [-0.25, -0.2) is 0 Å². The minimum absolute atomic E-state index is 0.0135. The molecule has 5 fully saturated rings. The number of esters is 1. The zero-order chi connectivity index (χ0) is 28.0. The minimum atomic E-state index is -0.827. The Morgan fingerprint density at radius 3 is 2.46 bits per heavy atom. The van der Waals surface area contributed by atoms with E-state index in [2.05, 4.69) is 45.6 Å². The smallest absolute Gasteiger partial charge is 0.316 e. The normalized spacial score (nSPS) is 40.1. The standard InChI is InChI=1S/C34H49NO4/c1-29(2,3)28(36)38-22-12-11-21-17-24-33-14-13-31(7,23(18-33)32(8,37)30(4,5)6)27-34(33,25(21)26(22)39-27)15-16-35(24)19-20-9-10-20/h11-12,20,23-24,27,37H,9-10,13-19H2,1-8H3/t23?,24?,27-,31?,32?,33?,34-/m0/s1. The van der Waals surface area contributed by atoms with Gasteiger partial charge in [0, 0.05) is 34.4 Å². The van der Waals surface area contributed by atoms with Crippen molar-refractivity contribution in [2.24, 2.45) is 33.5 Å². The number of likely N-dealkylation sites (tertiary alicyclic amines) is 1. The third-order valence-electron chi connectivity index (χ3n) is 12.8. The van der Waals surface area contributed by atoms with Crippen LogP contribution in [-0.4, -0.2) is 46.8 Å². The lowest BCUT2D eigenvalue weighted by molar-refractivity contribution is -0.276. The average Bonchev–Trinajstić information content (AvgIpc) is 3.57. The molecule has 5 unspecified atom stereocenters. The van der Waals surface area contributed by atoms with Crippen molar-refractivity contribution in [1.82, 2.24) is 4.90 Å². The highest BCUT2D eigenvalue weighted by molar-refractivity contribution is 5.79. The van der Waals surface area contributed by atoms with Gasteiger partial charge in [-0.05, 0) is 108 Å². The quantitative estimate of drug-likeness (QED) is 0.363. The van der Waals surface area contributed by atoms with E-state index >= 15 is 0 Å². The Morgan fingerprint density at radius 1 is 1.10 bits per heavy atom. The van der Waals surface area contributed by atoms with Crippen LogP contribution in [-0.2, 0) is 16.6 Å². The minimum Gasteiger partial charge on any atom is -0.485 e. The molecule has 4 saturated carbocycles. The number of fused-ring (bicyclic) bond motifs is 2. The number of carbonyl (C=O) groups excluding carboxylic acids is 1. The average molecular weight is 536 g/mol. The molecule has 1 aromatic rings. The monoisotopic (exact) mass is 535 g/mol. The van der Waals surface area contributed by atoms with Crippen LogP contribution in [0.3, 0.4) is 0 Å². The molecule has 8 rings (SSSR count). The molecule has 5 heteroatoms. The topological polar surface area (TPSA) is 59.0 Å². The van der Waals surface area contributed by atoms with Crippen molar-refractivity contribution in [3.8, 4) is 11.5 Å². The highest BCUT2D eigenvalue weighted by atomic mass is 16.6. The first-order valence-corrected chi connectivity index (χ1v) is 15.6. The van der Waals surface area contributed by atoms with E-state index in [0.29, 0.717) is 11.8 Å². The van der Waals surface area contributed by atoms with Crippen LogP contribution in [0.4, 0.5) is 0 Å². The van der Waals surface area contributed by atoms with E-state index in [1.807, 2.05) is 26.8 Å². The van der Waals surface area contributed by atoms with Gasteiger partial charge in [-0.1, -0.05) is 33.8 Å². The van der Waals surface area contributed by atoms with E-state index in [4.69, 9.17) is 9.47 Å². The fraction of sp³-hybridized carbons (Fsp3) is 0.794. The van der Waals surface area contributed by atoms with Crippen molar-refractivity contribution in [2.75, 3.05) is 13.1 Å². The van der Waals surface area contributed by atoms with Gasteiger partial charge in [0.1, 0.15) is 6.10 Å². The summed E-state index contributed by atoms with van der Waals surface area (Å²) in [5, 5.41) is 12.3. The second-order valence-electron chi connectivity index (χ2n) is 16.8. The molecule has 5 aliphatic carbocycles. The first kappa shape index (κ1) is 26.3. The SMILES string of the molecule is CC(C)(C)C(=O)Oc1ccc2c3c1O[C@H]1C4(C)CCC5(CC4C(C)(O)C(C)(C)C)C(C2)N(CC2CC2)CC[C@]315. The van der Waals surface area contributed by atoms with Crippen molar-refractivity contribution >= 4 is 5.97 Å². The number of rotatable bonds is 4. The Morgan fingerprint density at radius 2 is 1.82 bits per heavy atom. The Hall–Kier alpha value is -1.59. The van der Waals surface area contributed by atoms with Gasteiger partial charge in [0.2, 0.25) is 0 Å². The summed E-state index contributed by atoms with van der Waals surface area (Å²) >= 11 is 0. The molecule has 0 aromatic heterocycles. The maximum Gasteiger partial charge on any atom is 0.316 e. The summed E-state index contributed by atoms with van der Waals surface area (Å²) in [7, 11) is 0. The lowest BCUT2D eigenvalue weighted by Crippen LogP contribution is -2.80. The Kier molecular flexibility index (Phi) is 5.14. The summed E-state index contributed by atoms with van der Waals surface area (Å²) in [6, 6.07) is 4.71. The van der Waals surface area contributed by atoms with Gasteiger partial charge in [-0.3, -0.25) is 9.69 Å². The van der Waals surface area contributed by atoms with E-state index in [1.54, 1.807) is 0 Å². The molecule has 2 heterocycles. The first-order chi connectivity index (χ1) is 18.1. The van der Waals surface area contributed by atoms with E-state index in [1.165, 1.54) is 36.9 Å². The Balaban J connectivity index is 1.42. The lowest BCUT2D eigenvalue weighted by Gasteiger charge is -2.75. The van der Waals surface area contributed by atoms with Gasteiger partial charge >= 0.3 is 5.97 Å². The number of nitrogens with zero attached hydrogens (tertiary/aromatic N) is 1.